The summed E-state index contributed by atoms with van der Waals surface area (Å²) >= 11 is 3.40. The van der Waals surface area contributed by atoms with E-state index in [1.807, 2.05) is 0 Å². The predicted octanol–water partition coefficient (Wildman–Crippen LogP) is 1.24. The molecule has 1 fully saturated rings. The first-order valence-corrected chi connectivity index (χ1v) is 8.45. The second-order valence-electron chi connectivity index (χ2n) is 4.58. The lowest BCUT2D eigenvalue weighted by Gasteiger charge is -2.29. The van der Waals surface area contributed by atoms with Gasteiger partial charge in [0.15, 0.2) is 9.84 Å². The van der Waals surface area contributed by atoms with Crippen molar-refractivity contribution >= 4 is 31.7 Å². The Morgan fingerprint density at radius 3 is 2.31 bits per heavy atom. The van der Waals surface area contributed by atoms with Crippen LogP contribution in [0.3, 0.4) is 0 Å². The lowest BCUT2D eigenvalue weighted by atomic mass is 10.0. The third-order valence-electron chi connectivity index (χ3n) is 3.22. The molecule has 0 radical (unpaired) electrons. The molecule has 0 spiro atoms. The molecule has 1 saturated carbocycles. The van der Waals surface area contributed by atoms with Crippen LogP contribution in [-0.2, 0) is 14.6 Å². The highest BCUT2D eigenvalue weighted by Gasteiger charge is 2.36. The fourth-order valence-corrected chi connectivity index (χ4v) is 3.05. The molecule has 94 valence electrons. The molecular weight excluding hydrogens is 294 g/mol. The lowest BCUT2D eigenvalue weighted by molar-refractivity contribution is -0.122. The number of halogens is 1. The van der Waals surface area contributed by atoms with Crippen molar-refractivity contribution < 1.29 is 13.2 Å². The number of nitrogens with one attached hydrogen (secondary N) is 1. The summed E-state index contributed by atoms with van der Waals surface area (Å²) in [5.41, 5.74) is -0.240. The van der Waals surface area contributed by atoms with Crippen LogP contribution < -0.4 is 5.32 Å². The minimum atomic E-state index is -3.31. The third kappa shape index (κ3) is 3.20. The van der Waals surface area contributed by atoms with Crippen molar-refractivity contribution in [1.82, 2.24) is 5.32 Å². The van der Waals surface area contributed by atoms with Gasteiger partial charge in [0.2, 0.25) is 5.91 Å². The van der Waals surface area contributed by atoms with E-state index in [1.165, 1.54) is 6.92 Å². The fraction of sp³-hybridized carbons (Fsp3) is 0.900. The summed E-state index contributed by atoms with van der Waals surface area (Å²) in [6, 6.07) is 0. The van der Waals surface area contributed by atoms with Gasteiger partial charge in [-0.25, -0.2) is 8.42 Å². The first kappa shape index (κ1) is 14.0. The molecule has 0 aromatic heterocycles. The van der Waals surface area contributed by atoms with Gasteiger partial charge in [0.05, 0.1) is 0 Å². The van der Waals surface area contributed by atoms with Crippen LogP contribution in [0.5, 0.6) is 0 Å². The Kier molecular flexibility index (Phi) is 4.40. The Morgan fingerprint density at radius 2 is 1.94 bits per heavy atom. The molecule has 1 unspecified atom stereocenters. The minimum Gasteiger partial charge on any atom is -0.349 e. The molecule has 0 aliphatic heterocycles. The van der Waals surface area contributed by atoms with Gasteiger partial charge in [-0.1, -0.05) is 28.8 Å². The number of hydrogen-bond acceptors (Lipinski definition) is 3. The minimum absolute atomic E-state index is 0.240. The fourth-order valence-electron chi connectivity index (χ4n) is 1.90. The topological polar surface area (TPSA) is 63.2 Å². The van der Waals surface area contributed by atoms with Gasteiger partial charge in [0, 0.05) is 17.1 Å². The molecule has 0 aromatic rings. The molecule has 1 atom stereocenters. The average molecular weight is 312 g/mol. The van der Waals surface area contributed by atoms with Crippen LogP contribution in [0.1, 0.15) is 32.6 Å². The highest BCUT2D eigenvalue weighted by atomic mass is 79.9. The smallest absolute Gasteiger partial charge is 0.238 e. The number of rotatable bonds is 4. The van der Waals surface area contributed by atoms with Gasteiger partial charge in [-0.2, -0.15) is 0 Å². The Morgan fingerprint density at radius 1 is 1.44 bits per heavy atom. The van der Waals surface area contributed by atoms with Gasteiger partial charge in [0.25, 0.3) is 0 Å². The highest BCUT2D eigenvalue weighted by molar-refractivity contribution is 9.09. The van der Waals surface area contributed by atoms with Crippen molar-refractivity contribution in [2.45, 2.75) is 43.4 Å². The van der Waals surface area contributed by atoms with Crippen molar-refractivity contribution in [1.29, 1.82) is 0 Å². The van der Waals surface area contributed by atoms with E-state index in [1.54, 1.807) is 0 Å². The summed E-state index contributed by atoms with van der Waals surface area (Å²) in [6.45, 7) is 1.43. The monoisotopic (exact) mass is 311 g/mol. The largest absolute Gasteiger partial charge is 0.349 e. The van der Waals surface area contributed by atoms with Crippen molar-refractivity contribution in [3.63, 3.8) is 0 Å². The zero-order chi connectivity index (χ0) is 12.4. The van der Waals surface area contributed by atoms with Crippen LogP contribution in [-0.4, -0.2) is 36.7 Å². The standard InChI is InChI=1S/C10H18BrNO3S/c1-8(16(2,14)15)9(13)12-10(7-11)5-3-4-6-10/h8H,3-7H2,1-2H3,(H,12,13). The van der Waals surface area contributed by atoms with Crippen LogP contribution >= 0.6 is 15.9 Å². The predicted molar refractivity (Wildman–Crippen MR) is 67.4 cm³/mol. The molecule has 0 bridgehead atoms. The summed E-state index contributed by atoms with van der Waals surface area (Å²) in [5, 5.41) is 2.60. The van der Waals surface area contributed by atoms with Crippen LogP contribution in [0.15, 0.2) is 0 Å². The molecule has 1 aliphatic rings. The number of hydrogen-bond donors (Lipinski definition) is 1. The first-order valence-electron chi connectivity index (χ1n) is 5.38. The summed E-state index contributed by atoms with van der Waals surface area (Å²) in [6.07, 6.45) is 5.09. The van der Waals surface area contributed by atoms with E-state index in [9.17, 15) is 13.2 Å². The maximum absolute atomic E-state index is 11.8. The zero-order valence-corrected chi connectivity index (χ0v) is 12.0. The van der Waals surface area contributed by atoms with Gasteiger partial charge in [-0.15, -0.1) is 0 Å². The molecule has 1 amide bonds. The van der Waals surface area contributed by atoms with Crippen molar-refractivity contribution in [2.75, 3.05) is 11.6 Å². The van der Waals surface area contributed by atoms with Crippen molar-refractivity contribution in [3.05, 3.63) is 0 Å². The number of carbonyl (C=O) groups is 1. The molecule has 1 rings (SSSR count). The van der Waals surface area contributed by atoms with Gasteiger partial charge < -0.3 is 5.32 Å². The van der Waals surface area contributed by atoms with Crippen molar-refractivity contribution in [3.8, 4) is 0 Å². The number of carbonyl (C=O) groups excluding carboxylic acids is 1. The van der Waals surface area contributed by atoms with E-state index < -0.39 is 15.1 Å². The first-order chi connectivity index (χ1) is 7.31. The average Bonchev–Trinajstić information content (AvgIpc) is 2.64. The van der Waals surface area contributed by atoms with Crippen LogP contribution in [0.4, 0.5) is 0 Å². The van der Waals surface area contributed by atoms with Gasteiger partial charge in [-0.3, -0.25) is 4.79 Å². The van der Waals surface area contributed by atoms with Crippen LogP contribution in [0.25, 0.3) is 0 Å². The van der Waals surface area contributed by atoms with E-state index >= 15 is 0 Å². The summed E-state index contributed by atoms with van der Waals surface area (Å²) in [5.74, 6) is -0.385. The molecule has 1 aliphatic carbocycles. The Balaban J connectivity index is 2.70. The van der Waals surface area contributed by atoms with Crippen LogP contribution in [0.2, 0.25) is 0 Å². The normalized spacial score (nSPS) is 21.7. The van der Waals surface area contributed by atoms with Gasteiger partial charge in [-0.05, 0) is 19.8 Å². The van der Waals surface area contributed by atoms with E-state index in [2.05, 4.69) is 21.2 Å². The van der Waals surface area contributed by atoms with Gasteiger partial charge in [0.1, 0.15) is 5.25 Å². The third-order valence-corrected chi connectivity index (χ3v) is 5.79. The van der Waals surface area contributed by atoms with Gasteiger partial charge >= 0.3 is 0 Å². The van der Waals surface area contributed by atoms with Crippen molar-refractivity contribution in [2.24, 2.45) is 0 Å². The van der Waals surface area contributed by atoms with Crippen LogP contribution in [0, 0.1) is 0 Å². The molecule has 16 heavy (non-hydrogen) atoms. The molecule has 0 saturated heterocycles. The molecule has 4 nitrogen and oxygen atoms in total. The molecule has 0 aromatic carbocycles. The van der Waals surface area contributed by atoms with E-state index in [0.29, 0.717) is 5.33 Å². The quantitative estimate of drug-likeness (QED) is 0.795. The lowest BCUT2D eigenvalue weighted by Crippen LogP contribution is -2.52. The molecular formula is C10H18BrNO3S. The maximum Gasteiger partial charge on any atom is 0.238 e. The summed E-state index contributed by atoms with van der Waals surface area (Å²) < 4.78 is 22.5. The van der Waals surface area contributed by atoms with E-state index in [4.69, 9.17) is 0 Å². The summed E-state index contributed by atoms with van der Waals surface area (Å²) in [7, 11) is -3.31. The SMILES string of the molecule is CC(C(=O)NC1(CBr)CCCC1)S(C)(=O)=O. The number of alkyl halides is 1. The zero-order valence-electron chi connectivity index (χ0n) is 9.62. The van der Waals surface area contributed by atoms with E-state index in [0.717, 1.165) is 31.9 Å². The Bertz CT molecular complexity index is 360. The van der Waals surface area contributed by atoms with E-state index in [-0.39, 0.29) is 11.4 Å². The molecule has 6 heteroatoms. The highest BCUT2D eigenvalue weighted by Crippen LogP contribution is 2.31. The molecule has 1 N–H and O–H groups in total. The Labute approximate surface area is 105 Å². The summed E-state index contributed by atoms with van der Waals surface area (Å²) in [4.78, 5) is 11.8. The second kappa shape index (κ2) is 5.04. The number of sulfone groups is 1. The second-order valence-corrected chi connectivity index (χ2v) is 7.51. The maximum atomic E-state index is 11.8. The number of amides is 1. The molecule has 0 heterocycles. The Hall–Kier alpha value is -0.100.